The lowest BCUT2D eigenvalue weighted by Gasteiger charge is -2.33. The number of anilines is 1. The van der Waals surface area contributed by atoms with E-state index in [1.807, 2.05) is 21.6 Å². The van der Waals surface area contributed by atoms with Crippen molar-refractivity contribution < 1.29 is 40.6 Å². The first-order valence-corrected chi connectivity index (χ1v) is 24.5. The van der Waals surface area contributed by atoms with Crippen LogP contribution in [0.15, 0.2) is 107 Å². The highest BCUT2D eigenvalue weighted by atomic mass is 32.2. The second kappa shape index (κ2) is 19.4. The molecular weight excluding hydrogens is 901 g/mol. The summed E-state index contributed by atoms with van der Waals surface area (Å²) >= 11 is 0. The van der Waals surface area contributed by atoms with E-state index in [1.54, 1.807) is 121 Å². The number of sulfonamides is 2. The smallest absolute Gasteiger partial charge is 0.410 e. The SMILES string of the molecule is COc1ccc(CN(Cc2ccc(OC)cc2)S(=O)(=O)c2c(S(=O)(=O)N[C@@H]3CCN(C(=O)OC(C)(C)C)C3)ccc(N3CCn4cncc4C3)c2-c2nnnn2Cc2ccc(OC)cc2)cc1. The molecule has 2 aliphatic heterocycles. The van der Waals surface area contributed by atoms with Gasteiger partial charge in [-0.25, -0.2) is 36.0 Å². The number of methoxy groups -OCH3 is 3. The number of carbonyl (C=O) groups excluding carboxylic acids is 1. The number of benzene rings is 4. The third-order valence-electron chi connectivity index (χ3n) is 11.5. The van der Waals surface area contributed by atoms with Crippen LogP contribution in [-0.4, -0.2) is 114 Å². The molecule has 0 radical (unpaired) electrons. The standard InChI is InChI=1S/C46H54N10O9S2/c1-46(2,3)65-45(57)53-22-21-35(29-53)49-66(58,59)41-20-19-40(52-23-24-54-31-47-25-36(54)30-52)42(44-48-50-51-56(44)28-34-11-17-39(64-6)18-12-34)43(41)67(60,61)55(26-32-7-13-37(62-4)14-8-32)27-33-9-15-38(63-5)16-10-33/h7-20,25,31,35,49H,21-24,26-30H2,1-6H3/t35-/m1/s1. The molecule has 67 heavy (non-hydrogen) atoms. The quantitative estimate of drug-likeness (QED) is 0.131. The van der Waals surface area contributed by atoms with E-state index >= 15 is 16.8 Å². The van der Waals surface area contributed by atoms with Gasteiger partial charge in [0, 0.05) is 57.2 Å². The van der Waals surface area contributed by atoms with Crippen molar-refractivity contribution in [2.24, 2.45) is 0 Å². The summed E-state index contributed by atoms with van der Waals surface area (Å²) in [5.74, 6) is 1.81. The minimum atomic E-state index is -4.89. The highest BCUT2D eigenvalue weighted by Gasteiger charge is 2.41. The fourth-order valence-corrected chi connectivity index (χ4v) is 11.8. The van der Waals surface area contributed by atoms with Gasteiger partial charge in [-0.1, -0.05) is 36.4 Å². The molecule has 1 amide bonds. The van der Waals surface area contributed by atoms with E-state index in [2.05, 4.69) is 25.2 Å². The van der Waals surface area contributed by atoms with E-state index in [0.29, 0.717) is 53.7 Å². The number of hydrogen-bond acceptors (Lipinski definition) is 14. The zero-order valence-electron chi connectivity index (χ0n) is 38.2. The summed E-state index contributed by atoms with van der Waals surface area (Å²) in [6, 6.07) is 23.4. The van der Waals surface area contributed by atoms with Gasteiger partial charge in [0.05, 0.1) is 52.0 Å². The summed E-state index contributed by atoms with van der Waals surface area (Å²) in [5.41, 5.74) is 2.47. The summed E-state index contributed by atoms with van der Waals surface area (Å²) in [5, 5.41) is 12.9. The molecule has 4 heterocycles. The number of likely N-dealkylation sites (tertiary alicyclic amines) is 1. The van der Waals surface area contributed by atoms with Crippen molar-refractivity contribution in [3.63, 3.8) is 0 Å². The molecule has 8 rings (SSSR count). The Morgan fingerprint density at radius 3 is 1.97 bits per heavy atom. The molecule has 6 aromatic rings. The molecule has 4 aromatic carbocycles. The molecule has 0 bridgehead atoms. The van der Waals surface area contributed by atoms with E-state index in [4.69, 9.17) is 18.9 Å². The summed E-state index contributed by atoms with van der Waals surface area (Å²) in [4.78, 5) is 19.8. The van der Waals surface area contributed by atoms with Crippen LogP contribution < -0.4 is 23.8 Å². The van der Waals surface area contributed by atoms with E-state index in [1.165, 1.54) is 20.0 Å². The number of amides is 1. The average Bonchev–Trinajstić information content (AvgIpc) is 4.10. The van der Waals surface area contributed by atoms with Gasteiger partial charge in [-0.3, -0.25) is 0 Å². The van der Waals surface area contributed by atoms with Gasteiger partial charge in [-0.05, 0) is 103 Å². The molecule has 21 heteroatoms. The van der Waals surface area contributed by atoms with Crippen molar-refractivity contribution in [1.29, 1.82) is 0 Å². The van der Waals surface area contributed by atoms with Gasteiger partial charge in [-0.15, -0.1) is 5.10 Å². The lowest BCUT2D eigenvalue weighted by molar-refractivity contribution is 0.0292. The number of aromatic nitrogens is 6. The fourth-order valence-electron chi connectivity index (χ4n) is 8.14. The number of imidazole rings is 1. The Morgan fingerprint density at radius 1 is 0.791 bits per heavy atom. The van der Waals surface area contributed by atoms with Gasteiger partial charge >= 0.3 is 6.09 Å². The second-order valence-electron chi connectivity index (χ2n) is 17.3. The zero-order chi connectivity index (χ0) is 47.5. The highest BCUT2D eigenvalue weighted by Crippen LogP contribution is 2.43. The number of fused-ring (bicyclic) bond motifs is 1. The van der Waals surface area contributed by atoms with Gasteiger partial charge in [0.1, 0.15) is 32.6 Å². The average molecular weight is 955 g/mol. The van der Waals surface area contributed by atoms with Gasteiger partial charge in [0.25, 0.3) is 0 Å². The van der Waals surface area contributed by atoms with Crippen LogP contribution in [0.1, 0.15) is 49.6 Å². The number of ether oxygens (including phenoxy) is 4. The van der Waals surface area contributed by atoms with Crippen LogP contribution >= 0.6 is 0 Å². The number of carbonyl (C=O) groups is 1. The van der Waals surface area contributed by atoms with Crippen LogP contribution in [-0.2, 0) is 57.5 Å². The van der Waals surface area contributed by atoms with Crippen LogP contribution in [0.2, 0.25) is 0 Å². The molecule has 2 aromatic heterocycles. The van der Waals surface area contributed by atoms with Gasteiger partial charge in [0.2, 0.25) is 20.0 Å². The van der Waals surface area contributed by atoms with Crippen LogP contribution in [0.4, 0.5) is 10.5 Å². The third kappa shape index (κ3) is 10.5. The summed E-state index contributed by atoms with van der Waals surface area (Å²) in [6.45, 7) is 6.51. The lowest BCUT2D eigenvalue weighted by Crippen LogP contribution is -2.41. The summed E-state index contributed by atoms with van der Waals surface area (Å²) in [6.07, 6.45) is 3.16. The number of tetrazole rings is 1. The van der Waals surface area contributed by atoms with Crippen LogP contribution in [0, 0.1) is 0 Å². The zero-order valence-corrected chi connectivity index (χ0v) is 39.8. The maximum atomic E-state index is 16.2. The molecule has 19 nitrogen and oxygen atoms in total. The van der Waals surface area contributed by atoms with Crippen molar-refractivity contribution >= 4 is 31.8 Å². The summed E-state index contributed by atoms with van der Waals surface area (Å²) in [7, 11) is -4.95. The van der Waals surface area contributed by atoms with E-state index in [9.17, 15) is 4.79 Å². The first-order chi connectivity index (χ1) is 32.0. The highest BCUT2D eigenvalue weighted by molar-refractivity contribution is 7.92. The Hall–Kier alpha value is -6.55. The van der Waals surface area contributed by atoms with Crippen molar-refractivity contribution in [1.82, 2.24) is 43.7 Å². The monoisotopic (exact) mass is 954 g/mol. The largest absolute Gasteiger partial charge is 0.497 e. The van der Waals surface area contributed by atoms with Crippen LogP contribution in [0.3, 0.4) is 0 Å². The van der Waals surface area contributed by atoms with Crippen molar-refractivity contribution in [3.8, 4) is 28.6 Å². The Kier molecular flexibility index (Phi) is 13.6. The number of hydrogen-bond donors (Lipinski definition) is 1. The molecular formula is C46H54N10O9S2. The molecule has 354 valence electrons. The predicted molar refractivity (Wildman–Crippen MR) is 248 cm³/mol. The minimum absolute atomic E-state index is 0.00377. The Morgan fingerprint density at radius 2 is 1.39 bits per heavy atom. The van der Waals surface area contributed by atoms with E-state index < -0.39 is 47.6 Å². The lowest BCUT2D eigenvalue weighted by atomic mass is 10.1. The van der Waals surface area contributed by atoms with Gasteiger partial charge < -0.3 is 33.3 Å². The second-order valence-corrected chi connectivity index (χ2v) is 20.9. The molecule has 1 atom stereocenters. The van der Waals surface area contributed by atoms with Gasteiger partial charge in [-0.2, -0.15) is 4.31 Å². The fraction of sp³-hybridized carbons (Fsp3) is 0.370. The predicted octanol–water partition coefficient (Wildman–Crippen LogP) is 5.31. The molecule has 0 unspecified atom stereocenters. The molecule has 2 aliphatic rings. The molecule has 0 spiro atoms. The number of nitrogens with zero attached hydrogens (tertiary/aromatic N) is 9. The van der Waals surface area contributed by atoms with Crippen LogP contribution in [0.25, 0.3) is 11.4 Å². The molecule has 1 N–H and O–H groups in total. The Balaban J connectivity index is 1.33. The Bertz CT molecular complexity index is 2870. The van der Waals surface area contributed by atoms with Crippen molar-refractivity contribution in [2.45, 2.75) is 81.3 Å². The van der Waals surface area contributed by atoms with Gasteiger partial charge in [0.15, 0.2) is 5.82 Å². The maximum Gasteiger partial charge on any atom is 0.410 e. The topological polar surface area (TPSA) is 205 Å². The first-order valence-electron chi connectivity index (χ1n) is 21.6. The van der Waals surface area contributed by atoms with Crippen LogP contribution in [0.5, 0.6) is 17.2 Å². The van der Waals surface area contributed by atoms with Crippen molar-refractivity contribution in [3.05, 3.63) is 120 Å². The number of nitrogens with one attached hydrogen (secondary N) is 1. The molecule has 1 saturated heterocycles. The molecule has 0 saturated carbocycles. The maximum absolute atomic E-state index is 16.2. The molecule has 1 fully saturated rings. The third-order valence-corrected chi connectivity index (χ3v) is 15.1. The summed E-state index contributed by atoms with van der Waals surface area (Å²) < 4.78 is 92.0. The number of rotatable bonds is 16. The minimum Gasteiger partial charge on any atom is -0.497 e. The Labute approximate surface area is 390 Å². The first kappa shape index (κ1) is 47.0. The van der Waals surface area contributed by atoms with E-state index in [-0.39, 0.29) is 50.5 Å². The van der Waals surface area contributed by atoms with E-state index in [0.717, 1.165) is 11.3 Å². The normalized spacial score (nSPS) is 15.4. The van der Waals surface area contributed by atoms with Crippen molar-refractivity contribution in [2.75, 3.05) is 45.9 Å². The molecule has 0 aliphatic carbocycles.